The molecule has 8 heteroatoms. The molecule has 2 saturated heterocycles. The van der Waals surface area contributed by atoms with Crippen LogP contribution in [-0.4, -0.2) is 61.8 Å². The molecule has 1 aromatic rings. The monoisotopic (exact) mass is 390 g/mol. The molecule has 7 nitrogen and oxygen atoms in total. The number of carbonyl (C=O) groups excluding carboxylic acids is 2. The van der Waals surface area contributed by atoms with E-state index in [-0.39, 0.29) is 24.2 Å². The lowest BCUT2D eigenvalue weighted by molar-refractivity contribution is -0.135. The van der Waals surface area contributed by atoms with Crippen molar-refractivity contribution < 1.29 is 18.7 Å². The summed E-state index contributed by atoms with van der Waals surface area (Å²) < 4.78 is 19.8. The number of nitrogens with one attached hydrogen (secondary N) is 1. The van der Waals surface area contributed by atoms with Crippen molar-refractivity contribution in [3.05, 3.63) is 29.6 Å². The number of nitrogens with zero attached hydrogens (tertiary/aromatic N) is 3. The van der Waals surface area contributed by atoms with Crippen LogP contribution in [0.3, 0.4) is 0 Å². The minimum atomic E-state index is -0.347. The highest BCUT2D eigenvalue weighted by Crippen LogP contribution is 2.22. The first-order valence-electron chi connectivity index (χ1n) is 9.78. The molecule has 0 atom stereocenters. The average Bonchev–Trinajstić information content (AvgIpc) is 2.91. The molecule has 3 rings (SSSR count). The summed E-state index contributed by atoms with van der Waals surface area (Å²) in [4.78, 5) is 27.6. The summed E-state index contributed by atoms with van der Waals surface area (Å²) in [6.45, 7) is 4.81. The Labute approximate surface area is 164 Å². The SMILES string of the molecule is C/C(=N/NC(=O)CN1CCCCCC1=O)c1ccc(N2CCOCC2)c(F)c1. The van der Waals surface area contributed by atoms with Crippen LogP contribution in [0.15, 0.2) is 23.3 Å². The van der Waals surface area contributed by atoms with E-state index in [0.29, 0.717) is 56.2 Å². The zero-order chi connectivity index (χ0) is 19.9. The summed E-state index contributed by atoms with van der Waals surface area (Å²) in [5.41, 5.74) is 4.12. The number of hydrogen-bond donors (Lipinski definition) is 1. The Hall–Kier alpha value is -2.48. The second kappa shape index (κ2) is 9.64. The summed E-state index contributed by atoms with van der Waals surface area (Å²) in [6, 6.07) is 4.94. The molecule has 2 aliphatic rings. The van der Waals surface area contributed by atoms with E-state index >= 15 is 0 Å². The topological polar surface area (TPSA) is 74.2 Å². The van der Waals surface area contributed by atoms with Crippen molar-refractivity contribution in [3.8, 4) is 0 Å². The second-order valence-electron chi connectivity index (χ2n) is 7.12. The van der Waals surface area contributed by atoms with E-state index in [1.54, 1.807) is 24.0 Å². The Kier molecular flexibility index (Phi) is 6.97. The van der Waals surface area contributed by atoms with Crippen LogP contribution < -0.4 is 10.3 Å². The number of hydrazone groups is 1. The second-order valence-corrected chi connectivity index (χ2v) is 7.12. The smallest absolute Gasteiger partial charge is 0.259 e. The van der Waals surface area contributed by atoms with Gasteiger partial charge in [0.15, 0.2) is 0 Å². The normalized spacial score (nSPS) is 18.8. The Morgan fingerprint density at radius 3 is 2.75 bits per heavy atom. The van der Waals surface area contributed by atoms with E-state index in [9.17, 15) is 14.0 Å². The molecule has 2 aliphatic heterocycles. The fourth-order valence-electron chi connectivity index (χ4n) is 3.42. The molecule has 0 saturated carbocycles. The number of halogens is 1. The standard InChI is InChI=1S/C20H27FN4O3/c1-15(22-23-19(26)14-25-8-4-2-3-5-20(25)27)16-6-7-18(17(21)13-16)24-9-11-28-12-10-24/h6-7,13H,2-5,8-12,14H2,1H3,(H,23,26)/b22-15-. The Morgan fingerprint density at radius 1 is 1.21 bits per heavy atom. The van der Waals surface area contributed by atoms with Gasteiger partial charge in [0.05, 0.1) is 24.6 Å². The van der Waals surface area contributed by atoms with Crippen molar-refractivity contribution >= 4 is 23.2 Å². The third-order valence-corrected chi connectivity index (χ3v) is 5.07. The summed E-state index contributed by atoms with van der Waals surface area (Å²) in [7, 11) is 0. The van der Waals surface area contributed by atoms with E-state index in [0.717, 1.165) is 19.3 Å². The number of benzene rings is 1. The molecular formula is C20H27FN4O3. The van der Waals surface area contributed by atoms with Gasteiger partial charge in [-0.3, -0.25) is 9.59 Å². The van der Waals surface area contributed by atoms with E-state index in [1.807, 2.05) is 4.90 Å². The molecule has 0 aromatic heterocycles. The lowest BCUT2D eigenvalue weighted by Crippen LogP contribution is -2.39. The van der Waals surface area contributed by atoms with Gasteiger partial charge < -0.3 is 14.5 Å². The molecule has 2 heterocycles. The van der Waals surface area contributed by atoms with Gasteiger partial charge in [-0.25, -0.2) is 9.82 Å². The maximum atomic E-state index is 14.5. The number of hydrogen-bond acceptors (Lipinski definition) is 5. The molecule has 0 bridgehead atoms. The van der Waals surface area contributed by atoms with E-state index in [1.165, 1.54) is 6.07 Å². The molecule has 1 N–H and O–H groups in total. The summed E-state index contributed by atoms with van der Waals surface area (Å²) in [5, 5.41) is 4.07. The highest BCUT2D eigenvalue weighted by atomic mass is 19.1. The van der Waals surface area contributed by atoms with E-state index in [4.69, 9.17) is 4.74 Å². The van der Waals surface area contributed by atoms with Gasteiger partial charge >= 0.3 is 0 Å². The van der Waals surface area contributed by atoms with Crippen LogP contribution in [0.1, 0.15) is 38.2 Å². The number of anilines is 1. The number of morpholine rings is 1. The highest BCUT2D eigenvalue weighted by molar-refractivity contribution is 5.99. The Morgan fingerprint density at radius 2 is 2.00 bits per heavy atom. The van der Waals surface area contributed by atoms with Crippen LogP contribution in [0.4, 0.5) is 10.1 Å². The molecule has 0 unspecified atom stereocenters. The maximum Gasteiger partial charge on any atom is 0.259 e. The van der Waals surface area contributed by atoms with Crippen molar-refractivity contribution in [2.75, 3.05) is 44.3 Å². The van der Waals surface area contributed by atoms with Gasteiger partial charge in [0.25, 0.3) is 5.91 Å². The van der Waals surface area contributed by atoms with Gasteiger partial charge in [-0.05, 0) is 31.9 Å². The molecule has 152 valence electrons. The number of rotatable bonds is 5. The predicted molar refractivity (Wildman–Crippen MR) is 105 cm³/mol. The van der Waals surface area contributed by atoms with E-state index < -0.39 is 0 Å². The van der Waals surface area contributed by atoms with Crippen LogP contribution in [-0.2, 0) is 14.3 Å². The molecule has 0 radical (unpaired) electrons. The summed E-state index contributed by atoms with van der Waals surface area (Å²) in [5.74, 6) is -0.662. The minimum absolute atomic E-state index is 0.0000563. The molecule has 2 fully saturated rings. The zero-order valence-corrected chi connectivity index (χ0v) is 16.2. The predicted octanol–water partition coefficient (Wildman–Crippen LogP) is 1.91. The first-order valence-corrected chi connectivity index (χ1v) is 9.78. The van der Waals surface area contributed by atoms with Crippen molar-refractivity contribution in [2.24, 2.45) is 5.10 Å². The van der Waals surface area contributed by atoms with Gasteiger partial charge in [0.1, 0.15) is 12.4 Å². The largest absolute Gasteiger partial charge is 0.378 e. The number of ether oxygens (including phenoxy) is 1. The quantitative estimate of drug-likeness (QED) is 0.616. The van der Waals surface area contributed by atoms with Crippen LogP contribution in [0.5, 0.6) is 0 Å². The van der Waals surface area contributed by atoms with Gasteiger partial charge in [-0.1, -0.05) is 12.5 Å². The summed E-state index contributed by atoms with van der Waals surface area (Å²) in [6.07, 6.45) is 3.29. The van der Waals surface area contributed by atoms with Crippen LogP contribution in [0.25, 0.3) is 0 Å². The van der Waals surface area contributed by atoms with Gasteiger partial charge in [-0.15, -0.1) is 0 Å². The summed E-state index contributed by atoms with van der Waals surface area (Å²) >= 11 is 0. The zero-order valence-electron chi connectivity index (χ0n) is 16.2. The molecule has 28 heavy (non-hydrogen) atoms. The van der Waals surface area contributed by atoms with Crippen molar-refractivity contribution in [1.82, 2.24) is 10.3 Å². The van der Waals surface area contributed by atoms with Gasteiger partial charge in [0, 0.05) is 31.6 Å². The van der Waals surface area contributed by atoms with Crippen LogP contribution >= 0.6 is 0 Å². The fraction of sp³-hybridized carbons (Fsp3) is 0.550. The van der Waals surface area contributed by atoms with Crippen molar-refractivity contribution in [2.45, 2.75) is 32.6 Å². The molecular weight excluding hydrogens is 363 g/mol. The average molecular weight is 390 g/mol. The third kappa shape index (κ3) is 5.28. The highest BCUT2D eigenvalue weighted by Gasteiger charge is 2.19. The first-order chi connectivity index (χ1) is 13.5. The minimum Gasteiger partial charge on any atom is -0.378 e. The molecule has 0 spiro atoms. The first kappa shape index (κ1) is 20.3. The van der Waals surface area contributed by atoms with Gasteiger partial charge in [-0.2, -0.15) is 5.10 Å². The maximum absolute atomic E-state index is 14.5. The van der Waals surface area contributed by atoms with Gasteiger partial charge in [0.2, 0.25) is 5.91 Å². The third-order valence-electron chi connectivity index (χ3n) is 5.07. The lowest BCUT2D eigenvalue weighted by Gasteiger charge is -2.29. The number of likely N-dealkylation sites (tertiary alicyclic amines) is 1. The fourth-order valence-corrected chi connectivity index (χ4v) is 3.42. The van der Waals surface area contributed by atoms with Crippen LogP contribution in [0.2, 0.25) is 0 Å². The number of amides is 2. The lowest BCUT2D eigenvalue weighted by atomic mass is 10.1. The molecule has 1 aromatic carbocycles. The van der Waals surface area contributed by atoms with E-state index in [2.05, 4.69) is 10.5 Å². The Bertz CT molecular complexity index is 747. The van der Waals surface area contributed by atoms with Crippen molar-refractivity contribution in [3.63, 3.8) is 0 Å². The Balaban J connectivity index is 1.58. The van der Waals surface area contributed by atoms with Crippen LogP contribution in [0, 0.1) is 5.82 Å². The van der Waals surface area contributed by atoms with Crippen molar-refractivity contribution in [1.29, 1.82) is 0 Å². The number of carbonyl (C=O) groups is 2. The molecule has 2 amide bonds. The molecule has 0 aliphatic carbocycles.